The second kappa shape index (κ2) is 13.5. The molecule has 33 heavy (non-hydrogen) atoms. The van der Waals surface area contributed by atoms with Crippen LogP contribution in [0.3, 0.4) is 0 Å². The van der Waals surface area contributed by atoms with Crippen molar-refractivity contribution in [3.05, 3.63) is 53.6 Å². The summed E-state index contributed by atoms with van der Waals surface area (Å²) in [5, 5.41) is 28.7. The first kappa shape index (κ1) is 25.4. The molecule has 0 amide bonds. The summed E-state index contributed by atoms with van der Waals surface area (Å²) in [5.41, 5.74) is 2.39. The molecule has 5 heteroatoms. The molecule has 0 saturated carbocycles. The fourth-order valence-corrected chi connectivity index (χ4v) is 4.99. The Morgan fingerprint density at radius 3 is 2.36 bits per heavy atom. The predicted octanol–water partition coefficient (Wildman–Crippen LogP) is 5.33. The van der Waals surface area contributed by atoms with Gasteiger partial charge in [0.15, 0.2) is 11.5 Å². The lowest BCUT2D eigenvalue weighted by molar-refractivity contribution is 0.242. The largest absolute Gasteiger partial charge is 0.508 e. The van der Waals surface area contributed by atoms with Gasteiger partial charge < -0.3 is 25.1 Å². The van der Waals surface area contributed by atoms with Gasteiger partial charge >= 0.3 is 0 Å². The zero-order chi connectivity index (χ0) is 23.5. The normalized spacial score (nSPS) is 16.6. The molecule has 3 rings (SSSR count). The van der Waals surface area contributed by atoms with Gasteiger partial charge in [-0.15, -0.1) is 0 Å². The summed E-state index contributed by atoms with van der Waals surface area (Å²) in [6.45, 7) is 7.88. The second-order valence-electron chi connectivity index (χ2n) is 9.53. The Bertz CT molecular complexity index is 824. The van der Waals surface area contributed by atoms with E-state index in [9.17, 15) is 15.3 Å². The molecule has 0 unspecified atom stereocenters. The first-order valence-electron chi connectivity index (χ1n) is 12.8. The molecular formula is C28H42N2O3. The van der Waals surface area contributed by atoms with Crippen LogP contribution < -0.4 is 0 Å². The Labute approximate surface area is 199 Å². The van der Waals surface area contributed by atoms with E-state index in [1.54, 1.807) is 24.3 Å². The maximum Gasteiger partial charge on any atom is 0.157 e. The van der Waals surface area contributed by atoms with Crippen molar-refractivity contribution in [1.82, 2.24) is 9.80 Å². The van der Waals surface area contributed by atoms with Crippen molar-refractivity contribution in [3.63, 3.8) is 0 Å². The number of likely N-dealkylation sites (tertiary alicyclic amines) is 1. The van der Waals surface area contributed by atoms with E-state index in [0.29, 0.717) is 11.8 Å². The van der Waals surface area contributed by atoms with Crippen LogP contribution in [0.25, 0.3) is 0 Å². The Balaban J connectivity index is 1.31. The molecule has 1 heterocycles. The highest BCUT2D eigenvalue weighted by molar-refractivity contribution is 5.40. The lowest BCUT2D eigenvalue weighted by atomic mass is 10.0. The summed E-state index contributed by atoms with van der Waals surface area (Å²) in [4.78, 5) is 5.20. The van der Waals surface area contributed by atoms with Crippen LogP contribution >= 0.6 is 0 Å². The van der Waals surface area contributed by atoms with Gasteiger partial charge in [-0.05, 0) is 107 Å². The van der Waals surface area contributed by atoms with Gasteiger partial charge in [-0.3, -0.25) is 0 Å². The average Bonchev–Trinajstić information content (AvgIpc) is 3.25. The van der Waals surface area contributed by atoms with E-state index >= 15 is 0 Å². The molecule has 1 aliphatic heterocycles. The van der Waals surface area contributed by atoms with Crippen molar-refractivity contribution >= 4 is 0 Å². The summed E-state index contributed by atoms with van der Waals surface area (Å²) in [6.07, 6.45) is 10.8. The molecule has 3 N–H and O–H groups in total. The molecule has 0 aliphatic carbocycles. The lowest BCUT2D eigenvalue weighted by Crippen LogP contribution is -2.32. The van der Waals surface area contributed by atoms with Crippen molar-refractivity contribution in [1.29, 1.82) is 0 Å². The third-order valence-corrected chi connectivity index (χ3v) is 6.87. The van der Waals surface area contributed by atoms with Crippen LogP contribution in [0.15, 0.2) is 42.5 Å². The smallest absolute Gasteiger partial charge is 0.157 e. The monoisotopic (exact) mass is 454 g/mol. The Hall–Kier alpha value is -2.24. The van der Waals surface area contributed by atoms with Crippen molar-refractivity contribution in [3.8, 4) is 17.2 Å². The SMILES string of the molecule is CCCN(CCCCCCN1CCC[C@@H]1Cc1ccc(O)cc1)CCc1ccc(O)c(O)c1. The molecule has 0 spiro atoms. The number of aromatic hydroxyl groups is 3. The van der Waals surface area contributed by atoms with Gasteiger partial charge in [0.25, 0.3) is 0 Å². The Morgan fingerprint density at radius 2 is 1.61 bits per heavy atom. The molecule has 1 atom stereocenters. The average molecular weight is 455 g/mol. The fraction of sp³-hybridized carbons (Fsp3) is 0.571. The summed E-state index contributed by atoms with van der Waals surface area (Å²) in [7, 11) is 0. The van der Waals surface area contributed by atoms with Gasteiger partial charge in [0, 0.05) is 12.6 Å². The van der Waals surface area contributed by atoms with Gasteiger partial charge in [-0.25, -0.2) is 0 Å². The maximum absolute atomic E-state index is 9.70. The van der Waals surface area contributed by atoms with Crippen molar-refractivity contribution in [2.24, 2.45) is 0 Å². The van der Waals surface area contributed by atoms with E-state index in [4.69, 9.17) is 0 Å². The molecule has 1 aliphatic rings. The van der Waals surface area contributed by atoms with Gasteiger partial charge in [-0.2, -0.15) is 0 Å². The first-order valence-corrected chi connectivity index (χ1v) is 12.8. The minimum absolute atomic E-state index is 0.0298. The number of rotatable bonds is 14. The summed E-state index contributed by atoms with van der Waals surface area (Å²) >= 11 is 0. The minimum atomic E-state index is -0.0511. The molecule has 0 radical (unpaired) electrons. The molecule has 0 aromatic heterocycles. The number of unbranched alkanes of at least 4 members (excludes halogenated alkanes) is 3. The zero-order valence-corrected chi connectivity index (χ0v) is 20.3. The number of phenolic OH excluding ortho intramolecular Hbond substituents is 3. The highest BCUT2D eigenvalue weighted by atomic mass is 16.3. The molecule has 2 aromatic rings. The highest BCUT2D eigenvalue weighted by Crippen LogP contribution is 2.25. The van der Waals surface area contributed by atoms with Crippen molar-refractivity contribution in [2.45, 2.75) is 70.8 Å². The van der Waals surface area contributed by atoms with Crippen LogP contribution in [0.4, 0.5) is 0 Å². The highest BCUT2D eigenvalue weighted by Gasteiger charge is 2.23. The van der Waals surface area contributed by atoms with Crippen molar-refractivity contribution < 1.29 is 15.3 Å². The van der Waals surface area contributed by atoms with Crippen LogP contribution in [0.2, 0.25) is 0 Å². The van der Waals surface area contributed by atoms with E-state index in [0.717, 1.165) is 44.5 Å². The quantitative estimate of drug-likeness (QED) is 0.266. The fourth-order valence-electron chi connectivity index (χ4n) is 4.99. The van der Waals surface area contributed by atoms with Crippen molar-refractivity contribution in [2.75, 3.05) is 32.7 Å². The van der Waals surface area contributed by atoms with Gasteiger partial charge in [0.1, 0.15) is 5.75 Å². The molecule has 5 nitrogen and oxygen atoms in total. The topological polar surface area (TPSA) is 67.2 Å². The van der Waals surface area contributed by atoms with Crippen LogP contribution in [-0.4, -0.2) is 63.9 Å². The third-order valence-electron chi connectivity index (χ3n) is 6.87. The van der Waals surface area contributed by atoms with E-state index in [2.05, 4.69) is 28.9 Å². The predicted molar refractivity (Wildman–Crippen MR) is 135 cm³/mol. The van der Waals surface area contributed by atoms with Crippen LogP contribution in [0.1, 0.15) is 63.0 Å². The maximum atomic E-state index is 9.70. The van der Waals surface area contributed by atoms with E-state index in [-0.39, 0.29) is 11.5 Å². The number of phenols is 3. The first-order chi connectivity index (χ1) is 16.0. The summed E-state index contributed by atoms with van der Waals surface area (Å²) in [6, 6.07) is 13.5. The lowest BCUT2D eigenvalue weighted by Gasteiger charge is -2.25. The number of benzene rings is 2. The molecular weight excluding hydrogens is 412 g/mol. The molecule has 182 valence electrons. The molecule has 1 saturated heterocycles. The number of hydrogen-bond acceptors (Lipinski definition) is 5. The number of nitrogens with zero attached hydrogens (tertiary/aromatic N) is 2. The van der Waals surface area contributed by atoms with Gasteiger partial charge in [0.2, 0.25) is 0 Å². The van der Waals surface area contributed by atoms with Gasteiger partial charge in [-0.1, -0.05) is 38.0 Å². The number of hydrogen-bond donors (Lipinski definition) is 3. The second-order valence-corrected chi connectivity index (χ2v) is 9.53. The Morgan fingerprint density at radius 1 is 0.848 bits per heavy atom. The molecule has 1 fully saturated rings. The molecule has 2 aromatic carbocycles. The zero-order valence-electron chi connectivity index (χ0n) is 20.3. The standard InChI is InChI=1S/C28H42N2O3/c1-2-16-29(20-15-24-11-14-27(32)28(33)22-24)17-5-3-4-6-18-30-19-7-8-25(30)21-23-9-12-26(31)13-10-23/h9-14,22,25,31-33H,2-8,15-21H2,1H3/t25-/m1/s1. The summed E-state index contributed by atoms with van der Waals surface area (Å²) in [5.74, 6) is 0.266. The van der Waals surface area contributed by atoms with E-state index in [1.807, 2.05) is 6.07 Å². The summed E-state index contributed by atoms with van der Waals surface area (Å²) < 4.78 is 0. The van der Waals surface area contributed by atoms with Crippen LogP contribution in [0, 0.1) is 0 Å². The van der Waals surface area contributed by atoms with Gasteiger partial charge in [0.05, 0.1) is 0 Å². The van der Waals surface area contributed by atoms with Crippen LogP contribution in [-0.2, 0) is 12.8 Å². The Kier molecular flexibility index (Phi) is 10.4. The molecule has 0 bridgehead atoms. The van der Waals surface area contributed by atoms with E-state index < -0.39 is 0 Å². The van der Waals surface area contributed by atoms with E-state index in [1.165, 1.54) is 57.2 Å². The van der Waals surface area contributed by atoms with Crippen LogP contribution in [0.5, 0.6) is 17.2 Å². The minimum Gasteiger partial charge on any atom is -0.508 e. The third kappa shape index (κ3) is 8.56.